The highest BCUT2D eigenvalue weighted by Gasteiger charge is 2.18. The van der Waals surface area contributed by atoms with Crippen LogP contribution in [0.25, 0.3) is 10.1 Å². The Morgan fingerprint density at radius 2 is 1.83 bits per heavy atom. The highest BCUT2D eigenvalue weighted by atomic mass is 35.5. The molecule has 0 unspecified atom stereocenters. The number of halogens is 1. The lowest BCUT2D eigenvalue weighted by molar-refractivity contribution is 0.0739. The van der Waals surface area contributed by atoms with E-state index in [2.05, 4.69) is 10.5 Å². The van der Waals surface area contributed by atoms with E-state index in [-0.39, 0.29) is 5.91 Å². The molecule has 8 heteroatoms. The van der Waals surface area contributed by atoms with E-state index in [1.54, 1.807) is 36.4 Å². The first-order valence-corrected chi connectivity index (χ1v) is 10.6. The number of hydrogen-bond acceptors (Lipinski definition) is 6. The summed E-state index contributed by atoms with van der Waals surface area (Å²) < 4.78 is 6.36. The van der Waals surface area contributed by atoms with Crippen LogP contribution in [0.1, 0.15) is 24.9 Å². The molecule has 144 valence electrons. The fourth-order valence-electron chi connectivity index (χ4n) is 2.55. The Balaban J connectivity index is 1.40. The number of thiophene rings is 2. The van der Waals surface area contributed by atoms with Crippen LogP contribution in [0.4, 0.5) is 0 Å². The first-order valence-electron chi connectivity index (χ1n) is 8.48. The van der Waals surface area contributed by atoms with E-state index in [0.29, 0.717) is 20.5 Å². The van der Waals surface area contributed by atoms with Crippen LogP contribution >= 0.6 is 34.3 Å². The van der Waals surface area contributed by atoms with Crippen LogP contribution < -0.4 is 10.2 Å². The van der Waals surface area contributed by atoms with Crippen molar-refractivity contribution in [3.8, 4) is 5.75 Å². The average Bonchev–Trinajstić information content (AvgIpc) is 3.38. The van der Waals surface area contributed by atoms with Gasteiger partial charge >= 0.3 is 5.97 Å². The molecule has 1 N–H and O–H groups in total. The molecule has 0 aliphatic heterocycles. The molecule has 4 aromatic rings. The standard InChI is InChI=1S/C21H13ClN2O3S2/c22-18-15-4-1-2-5-16(15)29-19(18)21(26)27-14-9-7-13(8-10-14)12-23-24-20(25)17-6-3-11-28-17/h1-12H,(H,24,25)/b23-12-. The van der Waals surface area contributed by atoms with E-state index in [9.17, 15) is 9.59 Å². The molecule has 0 spiro atoms. The lowest BCUT2D eigenvalue weighted by Crippen LogP contribution is -2.16. The summed E-state index contributed by atoms with van der Waals surface area (Å²) in [5.41, 5.74) is 3.21. The summed E-state index contributed by atoms with van der Waals surface area (Å²) in [6, 6.07) is 17.8. The van der Waals surface area contributed by atoms with Crippen LogP contribution in [-0.4, -0.2) is 18.1 Å². The van der Waals surface area contributed by atoms with Gasteiger partial charge in [-0.05, 0) is 47.3 Å². The Hall–Kier alpha value is -3.00. The predicted molar refractivity (Wildman–Crippen MR) is 118 cm³/mol. The van der Waals surface area contributed by atoms with Gasteiger partial charge in [-0.2, -0.15) is 5.10 Å². The van der Waals surface area contributed by atoms with Crippen molar-refractivity contribution >= 4 is 62.5 Å². The van der Waals surface area contributed by atoms with Crippen LogP contribution in [0.5, 0.6) is 5.75 Å². The minimum atomic E-state index is -0.499. The Labute approximate surface area is 179 Å². The van der Waals surface area contributed by atoms with Crippen LogP contribution in [0.3, 0.4) is 0 Å². The molecule has 0 atom stereocenters. The number of fused-ring (bicyclic) bond motifs is 1. The van der Waals surface area contributed by atoms with Crippen LogP contribution in [0.2, 0.25) is 5.02 Å². The van der Waals surface area contributed by atoms with Gasteiger partial charge < -0.3 is 4.74 Å². The maximum atomic E-state index is 12.5. The largest absolute Gasteiger partial charge is 0.422 e. The maximum absolute atomic E-state index is 12.5. The van der Waals surface area contributed by atoms with E-state index in [0.717, 1.165) is 15.6 Å². The molecule has 0 aliphatic rings. The van der Waals surface area contributed by atoms with Gasteiger partial charge in [-0.3, -0.25) is 4.79 Å². The quantitative estimate of drug-likeness (QED) is 0.190. The van der Waals surface area contributed by atoms with E-state index in [1.165, 1.54) is 28.9 Å². The molecule has 2 aromatic heterocycles. The van der Waals surface area contributed by atoms with Gasteiger partial charge in [0, 0.05) is 10.1 Å². The molecular weight excluding hydrogens is 428 g/mol. The van der Waals surface area contributed by atoms with Crippen LogP contribution in [-0.2, 0) is 0 Å². The molecule has 0 saturated carbocycles. The normalized spacial score (nSPS) is 11.1. The van der Waals surface area contributed by atoms with Crippen molar-refractivity contribution in [2.24, 2.45) is 5.10 Å². The van der Waals surface area contributed by atoms with E-state index < -0.39 is 5.97 Å². The second-order valence-electron chi connectivity index (χ2n) is 5.88. The lowest BCUT2D eigenvalue weighted by Gasteiger charge is -2.03. The Morgan fingerprint density at radius 3 is 2.55 bits per heavy atom. The molecule has 0 aliphatic carbocycles. The van der Waals surface area contributed by atoms with Crippen molar-refractivity contribution < 1.29 is 14.3 Å². The van der Waals surface area contributed by atoms with E-state index >= 15 is 0 Å². The van der Waals surface area contributed by atoms with Crippen molar-refractivity contribution in [2.45, 2.75) is 0 Å². The molecule has 1 amide bonds. The fourth-order valence-corrected chi connectivity index (χ4v) is 4.55. The summed E-state index contributed by atoms with van der Waals surface area (Å²) in [5.74, 6) is -0.369. The minimum Gasteiger partial charge on any atom is -0.422 e. The van der Waals surface area contributed by atoms with Crippen molar-refractivity contribution in [1.82, 2.24) is 5.43 Å². The Kier molecular flexibility index (Phi) is 5.71. The van der Waals surface area contributed by atoms with Crippen molar-refractivity contribution in [2.75, 3.05) is 0 Å². The molecule has 5 nitrogen and oxygen atoms in total. The summed E-state index contributed by atoms with van der Waals surface area (Å²) in [4.78, 5) is 25.3. The number of nitrogens with one attached hydrogen (secondary N) is 1. The van der Waals surface area contributed by atoms with Gasteiger partial charge in [0.15, 0.2) is 0 Å². The number of rotatable bonds is 5. The number of esters is 1. The average molecular weight is 441 g/mol. The lowest BCUT2D eigenvalue weighted by atomic mass is 10.2. The molecule has 0 fully saturated rings. The first-order chi connectivity index (χ1) is 14.1. The van der Waals surface area contributed by atoms with Crippen LogP contribution in [0.15, 0.2) is 71.1 Å². The smallest absolute Gasteiger partial charge is 0.355 e. The number of carbonyl (C=O) groups excluding carboxylic acids is 2. The summed E-state index contributed by atoms with van der Waals surface area (Å²) in [7, 11) is 0. The second-order valence-corrected chi connectivity index (χ2v) is 8.25. The molecule has 0 bridgehead atoms. The molecular formula is C21H13ClN2O3S2. The van der Waals surface area contributed by atoms with Crippen molar-refractivity contribution in [3.63, 3.8) is 0 Å². The van der Waals surface area contributed by atoms with Crippen molar-refractivity contribution in [1.29, 1.82) is 0 Å². The summed E-state index contributed by atoms with van der Waals surface area (Å²) in [6.07, 6.45) is 1.51. The summed E-state index contributed by atoms with van der Waals surface area (Å²) in [6.45, 7) is 0. The fraction of sp³-hybridized carbons (Fsp3) is 0. The zero-order chi connectivity index (χ0) is 20.2. The first kappa shape index (κ1) is 19.3. The minimum absolute atomic E-state index is 0.262. The predicted octanol–water partition coefficient (Wildman–Crippen LogP) is 5.60. The highest BCUT2D eigenvalue weighted by molar-refractivity contribution is 7.21. The zero-order valence-electron chi connectivity index (χ0n) is 14.8. The number of ether oxygens (including phenoxy) is 1. The molecule has 0 saturated heterocycles. The molecule has 0 radical (unpaired) electrons. The summed E-state index contributed by atoms with van der Waals surface area (Å²) >= 11 is 8.96. The number of hydrogen-bond donors (Lipinski definition) is 1. The van der Waals surface area contributed by atoms with Gasteiger partial charge in [-0.25, -0.2) is 10.2 Å². The maximum Gasteiger partial charge on any atom is 0.355 e. The second kappa shape index (κ2) is 8.57. The van der Waals surface area contributed by atoms with Gasteiger partial charge in [-0.1, -0.05) is 35.9 Å². The third-order valence-electron chi connectivity index (χ3n) is 3.94. The number of carbonyl (C=O) groups is 2. The van der Waals surface area contributed by atoms with Gasteiger partial charge in [0.05, 0.1) is 16.1 Å². The molecule has 4 rings (SSSR count). The molecule has 2 heterocycles. The highest BCUT2D eigenvalue weighted by Crippen LogP contribution is 2.35. The van der Waals surface area contributed by atoms with Gasteiger partial charge in [0.2, 0.25) is 0 Å². The van der Waals surface area contributed by atoms with E-state index in [1.807, 2.05) is 29.6 Å². The third kappa shape index (κ3) is 4.37. The zero-order valence-corrected chi connectivity index (χ0v) is 17.2. The summed E-state index contributed by atoms with van der Waals surface area (Å²) in [5, 5.41) is 6.99. The SMILES string of the molecule is O=C(N/N=C\c1ccc(OC(=O)c2sc3ccccc3c2Cl)cc1)c1cccs1. The Morgan fingerprint density at radius 1 is 1.03 bits per heavy atom. The third-order valence-corrected chi connectivity index (χ3v) is 6.46. The Bertz CT molecular complexity index is 1200. The number of nitrogens with zero attached hydrogens (tertiary/aromatic N) is 1. The van der Waals surface area contributed by atoms with Crippen LogP contribution in [0, 0.1) is 0 Å². The number of amides is 1. The molecule has 29 heavy (non-hydrogen) atoms. The number of benzene rings is 2. The van der Waals surface area contributed by atoms with Gasteiger partial charge in [0.1, 0.15) is 10.6 Å². The van der Waals surface area contributed by atoms with Crippen molar-refractivity contribution in [3.05, 3.63) is 86.4 Å². The topological polar surface area (TPSA) is 67.8 Å². The number of hydrazone groups is 1. The van der Waals surface area contributed by atoms with Gasteiger partial charge in [0.25, 0.3) is 5.91 Å². The van der Waals surface area contributed by atoms with E-state index in [4.69, 9.17) is 16.3 Å². The monoisotopic (exact) mass is 440 g/mol. The molecule has 2 aromatic carbocycles. The van der Waals surface area contributed by atoms with Gasteiger partial charge in [-0.15, -0.1) is 22.7 Å².